The number of fused-ring (bicyclic) bond motifs is 1. The zero-order valence-electron chi connectivity index (χ0n) is 9.30. The zero-order chi connectivity index (χ0) is 12.0. The van der Waals surface area contributed by atoms with Crippen molar-refractivity contribution in [3.8, 4) is 0 Å². The Morgan fingerprint density at radius 2 is 2.18 bits per heavy atom. The zero-order valence-corrected chi connectivity index (χ0v) is 9.30. The molecule has 1 aliphatic rings. The van der Waals surface area contributed by atoms with Gasteiger partial charge in [-0.3, -0.25) is 4.57 Å². The summed E-state index contributed by atoms with van der Waals surface area (Å²) in [7, 11) is 1.65. The largest absolute Gasteiger partial charge is 0.419 e. The average molecular weight is 233 g/mol. The maximum absolute atomic E-state index is 11.4. The molecule has 17 heavy (non-hydrogen) atoms. The molecular weight excluding hydrogens is 222 g/mol. The standard InChI is InChI=1S/C12H11NO4/c1-13-9-3-2-8(4-10(9)17-11(13)15)12(5-14)6-16-7-12/h2-5H,6-7H2,1H3. The first-order chi connectivity index (χ1) is 8.16. The van der Waals surface area contributed by atoms with Crippen LogP contribution in [0.15, 0.2) is 27.4 Å². The number of carbonyl (C=O) groups is 1. The van der Waals surface area contributed by atoms with Crippen molar-refractivity contribution in [3.05, 3.63) is 34.3 Å². The number of rotatable bonds is 2. The van der Waals surface area contributed by atoms with Gasteiger partial charge in [-0.15, -0.1) is 0 Å². The second-order valence-electron chi connectivity index (χ2n) is 4.38. The van der Waals surface area contributed by atoms with Gasteiger partial charge >= 0.3 is 5.76 Å². The lowest BCUT2D eigenvalue weighted by atomic mass is 9.80. The molecule has 0 radical (unpaired) electrons. The van der Waals surface area contributed by atoms with Crippen molar-refractivity contribution in [2.45, 2.75) is 5.41 Å². The number of ether oxygens (including phenoxy) is 1. The molecule has 0 saturated carbocycles. The maximum atomic E-state index is 11.4. The van der Waals surface area contributed by atoms with Crippen molar-refractivity contribution in [2.75, 3.05) is 13.2 Å². The molecule has 1 aromatic carbocycles. The Hall–Kier alpha value is -1.88. The molecule has 2 aromatic rings. The van der Waals surface area contributed by atoms with E-state index in [0.29, 0.717) is 18.8 Å². The van der Waals surface area contributed by atoms with Crippen LogP contribution in [0.5, 0.6) is 0 Å². The van der Waals surface area contributed by atoms with Gasteiger partial charge < -0.3 is 13.9 Å². The fraction of sp³-hybridized carbons (Fsp3) is 0.333. The molecule has 3 rings (SSSR count). The van der Waals surface area contributed by atoms with E-state index >= 15 is 0 Å². The topological polar surface area (TPSA) is 61.4 Å². The summed E-state index contributed by atoms with van der Waals surface area (Å²) in [5.41, 5.74) is 1.49. The minimum Gasteiger partial charge on any atom is -0.408 e. The lowest BCUT2D eigenvalue weighted by molar-refractivity contribution is -0.129. The molecular formula is C12H11NO4. The van der Waals surface area contributed by atoms with Gasteiger partial charge in [0.1, 0.15) is 6.29 Å². The molecule has 0 atom stereocenters. The van der Waals surface area contributed by atoms with Crippen LogP contribution in [-0.2, 0) is 22.0 Å². The number of aryl methyl sites for hydroxylation is 1. The predicted molar refractivity (Wildman–Crippen MR) is 60.0 cm³/mol. The summed E-state index contributed by atoms with van der Waals surface area (Å²) in [6.07, 6.45) is 0.902. The van der Waals surface area contributed by atoms with E-state index in [2.05, 4.69) is 0 Å². The Balaban J connectivity index is 2.20. The van der Waals surface area contributed by atoms with Crippen LogP contribution in [0.1, 0.15) is 5.56 Å². The maximum Gasteiger partial charge on any atom is 0.419 e. The molecule has 2 heterocycles. The van der Waals surface area contributed by atoms with Gasteiger partial charge in [0.2, 0.25) is 0 Å². The molecule has 5 heteroatoms. The second kappa shape index (κ2) is 3.30. The van der Waals surface area contributed by atoms with Gasteiger partial charge in [-0.25, -0.2) is 4.79 Å². The Bertz CT molecular complexity index is 648. The summed E-state index contributed by atoms with van der Waals surface area (Å²) in [5.74, 6) is -0.401. The predicted octanol–water partition coefficient (Wildman–Crippen LogP) is 0.598. The summed E-state index contributed by atoms with van der Waals surface area (Å²) >= 11 is 0. The van der Waals surface area contributed by atoms with Crippen LogP contribution in [0.4, 0.5) is 0 Å². The lowest BCUT2D eigenvalue weighted by Crippen LogP contribution is -2.48. The van der Waals surface area contributed by atoms with Crippen molar-refractivity contribution in [1.82, 2.24) is 4.57 Å². The minimum absolute atomic E-state index is 0.388. The summed E-state index contributed by atoms with van der Waals surface area (Å²) in [5, 5.41) is 0. The molecule has 1 fully saturated rings. The highest BCUT2D eigenvalue weighted by Crippen LogP contribution is 2.31. The number of nitrogens with zero attached hydrogens (tertiary/aromatic N) is 1. The summed E-state index contributed by atoms with van der Waals surface area (Å²) < 4.78 is 11.6. The normalized spacial score (nSPS) is 17.9. The van der Waals surface area contributed by atoms with Gasteiger partial charge in [-0.2, -0.15) is 0 Å². The first kappa shape index (κ1) is 10.3. The molecule has 0 unspecified atom stereocenters. The first-order valence-corrected chi connectivity index (χ1v) is 5.30. The minimum atomic E-state index is -0.567. The molecule has 0 aliphatic carbocycles. The molecule has 0 spiro atoms. The van der Waals surface area contributed by atoms with Crippen LogP contribution in [0.25, 0.3) is 11.1 Å². The van der Waals surface area contributed by atoms with Crippen LogP contribution in [0, 0.1) is 0 Å². The highest BCUT2D eigenvalue weighted by atomic mass is 16.5. The smallest absolute Gasteiger partial charge is 0.408 e. The number of carbonyl (C=O) groups excluding carboxylic acids is 1. The molecule has 5 nitrogen and oxygen atoms in total. The third-order valence-corrected chi connectivity index (χ3v) is 3.31. The molecule has 0 amide bonds. The quantitative estimate of drug-likeness (QED) is 0.712. The second-order valence-corrected chi connectivity index (χ2v) is 4.38. The third-order valence-electron chi connectivity index (χ3n) is 3.31. The lowest BCUT2D eigenvalue weighted by Gasteiger charge is -2.36. The Morgan fingerprint density at radius 3 is 2.76 bits per heavy atom. The van der Waals surface area contributed by atoms with Gasteiger partial charge in [-0.05, 0) is 17.7 Å². The fourth-order valence-corrected chi connectivity index (χ4v) is 2.07. The fourth-order valence-electron chi connectivity index (χ4n) is 2.07. The van der Waals surface area contributed by atoms with Gasteiger partial charge in [0.05, 0.1) is 24.1 Å². The van der Waals surface area contributed by atoms with Crippen LogP contribution >= 0.6 is 0 Å². The summed E-state index contributed by atoms with van der Waals surface area (Å²) in [6, 6.07) is 5.38. The van der Waals surface area contributed by atoms with Crippen molar-refractivity contribution in [2.24, 2.45) is 7.05 Å². The van der Waals surface area contributed by atoms with E-state index in [1.165, 1.54) is 4.57 Å². The summed E-state index contributed by atoms with van der Waals surface area (Å²) in [4.78, 5) is 22.5. The van der Waals surface area contributed by atoms with Gasteiger partial charge in [0.15, 0.2) is 5.58 Å². The Labute approximate surface area is 96.6 Å². The van der Waals surface area contributed by atoms with Gasteiger partial charge in [0, 0.05) is 7.05 Å². The highest BCUT2D eigenvalue weighted by molar-refractivity contribution is 5.78. The number of hydrogen-bond donors (Lipinski definition) is 0. The number of oxazole rings is 1. The van der Waals surface area contributed by atoms with Crippen LogP contribution in [0.2, 0.25) is 0 Å². The van der Waals surface area contributed by atoms with E-state index in [1.54, 1.807) is 19.2 Å². The molecule has 0 bridgehead atoms. The SMILES string of the molecule is Cn1c(=O)oc2cc(C3(C=O)COC3)ccc21. The monoisotopic (exact) mass is 233 g/mol. The van der Waals surface area contributed by atoms with Crippen LogP contribution < -0.4 is 5.76 Å². The molecule has 1 aliphatic heterocycles. The first-order valence-electron chi connectivity index (χ1n) is 5.30. The van der Waals surface area contributed by atoms with Crippen molar-refractivity contribution < 1.29 is 13.9 Å². The number of aromatic nitrogens is 1. The molecule has 88 valence electrons. The number of aldehydes is 1. The van der Waals surface area contributed by atoms with Crippen molar-refractivity contribution in [1.29, 1.82) is 0 Å². The molecule has 1 aromatic heterocycles. The Morgan fingerprint density at radius 1 is 1.41 bits per heavy atom. The molecule has 1 saturated heterocycles. The van der Waals surface area contributed by atoms with Gasteiger partial charge in [0.25, 0.3) is 0 Å². The third kappa shape index (κ3) is 1.29. The number of benzene rings is 1. The van der Waals surface area contributed by atoms with E-state index in [9.17, 15) is 9.59 Å². The van der Waals surface area contributed by atoms with E-state index in [0.717, 1.165) is 17.4 Å². The van der Waals surface area contributed by atoms with Crippen LogP contribution in [-0.4, -0.2) is 24.1 Å². The molecule has 0 N–H and O–H groups in total. The summed E-state index contributed by atoms with van der Waals surface area (Å²) in [6.45, 7) is 0.776. The van der Waals surface area contributed by atoms with Crippen molar-refractivity contribution in [3.63, 3.8) is 0 Å². The van der Waals surface area contributed by atoms with E-state index in [1.807, 2.05) is 6.07 Å². The van der Waals surface area contributed by atoms with E-state index < -0.39 is 11.2 Å². The number of hydrogen-bond acceptors (Lipinski definition) is 4. The van der Waals surface area contributed by atoms with Gasteiger partial charge in [-0.1, -0.05) is 6.07 Å². The van der Waals surface area contributed by atoms with Crippen molar-refractivity contribution >= 4 is 17.4 Å². The average Bonchev–Trinajstić information content (AvgIpc) is 2.54. The van der Waals surface area contributed by atoms with E-state index in [4.69, 9.17) is 9.15 Å². The Kier molecular flexibility index (Phi) is 2.00. The van der Waals surface area contributed by atoms with Crippen LogP contribution in [0.3, 0.4) is 0 Å². The van der Waals surface area contributed by atoms with E-state index in [-0.39, 0.29) is 0 Å². The highest BCUT2D eigenvalue weighted by Gasteiger charge is 2.40.